The lowest BCUT2D eigenvalue weighted by Gasteiger charge is -2.19. The van der Waals surface area contributed by atoms with E-state index in [4.69, 9.17) is 4.74 Å². The molecule has 2 fully saturated rings. The van der Waals surface area contributed by atoms with Crippen LogP contribution in [0.4, 0.5) is 0 Å². The zero-order chi connectivity index (χ0) is 21.8. The molecule has 1 heterocycles. The molecule has 3 aliphatic rings. The fourth-order valence-corrected chi connectivity index (χ4v) is 4.97. The third kappa shape index (κ3) is 4.66. The topological polar surface area (TPSA) is 83.0 Å². The summed E-state index contributed by atoms with van der Waals surface area (Å²) in [6.45, 7) is 4.95. The average molecular weight is 425 g/mol. The molecule has 2 amide bonds. The summed E-state index contributed by atoms with van der Waals surface area (Å²) in [4.78, 5) is 31.2. The molecule has 166 valence electrons. The number of benzene rings is 1. The molecular weight excluding hydrogens is 392 g/mol. The Morgan fingerprint density at radius 1 is 1.13 bits per heavy atom. The van der Waals surface area contributed by atoms with Crippen LogP contribution in [0.2, 0.25) is 0 Å². The van der Waals surface area contributed by atoms with Crippen molar-refractivity contribution < 1.29 is 14.3 Å². The maximum atomic E-state index is 12.7. The van der Waals surface area contributed by atoms with Gasteiger partial charge in [0.25, 0.3) is 0 Å². The van der Waals surface area contributed by atoms with E-state index in [0.717, 1.165) is 13.0 Å². The zero-order valence-electron chi connectivity index (χ0n) is 18.3. The number of nitrogens with zero attached hydrogens (tertiary/aromatic N) is 2. The monoisotopic (exact) mass is 424 g/mol. The summed E-state index contributed by atoms with van der Waals surface area (Å²) >= 11 is 0. The molecule has 7 heteroatoms. The second kappa shape index (κ2) is 9.64. The van der Waals surface area contributed by atoms with Crippen molar-refractivity contribution in [3.8, 4) is 0 Å². The van der Waals surface area contributed by atoms with Gasteiger partial charge in [-0.3, -0.25) is 19.5 Å². The summed E-state index contributed by atoms with van der Waals surface area (Å²) in [5.74, 6) is 1.23. The van der Waals surface area contributed by atoms with E-state index in [9.17, 15) is 9.59 Å². The maximum Gasteiger partial charge on any atom is 0.233 e. The van der Waals surface area contributed by atoms with Crippen LogP contribution >= 0.6 is 0 Å². The molecule has 5 unspecified atom stereocenters. The van der Waals surface area contributed by atoms with E-state index < -0.39 is 0 Å². The molecule has 1 saturated heterocycles. The van der Waals surface area contributed by atoms with Crippen LogP contribution in [-0.4, -0.2) is 56.0 Å². The second-order valence-corrected chi connectivity index (χ2v) is 8.81. The van der Waals surface area contributed by atoms with Gasteiger partial charge in [0.05, 0.1) is 25.0 Å². The van der Waals surface area contributed by atoms with E-state index >= 15 is 0 Å². The maximum absolute atomic E-state index is 12.7. The Balaban J connectivity index is 1.15. The van der Waals surface area contributed by atoms with Crippen LogP contribution in [0.1, 0.15) is 18.9 Å². The Morgan fingerprint density at radius 2 is 1.81 bits per heavy atom. The minimum Gasteiger partial charge on any atom is -0.376 e. The number of guanidine groups is 1. The van der Waals surface area contributed by atoms with Crippen LogP contribution in [0.5, 0.6) is 0 Å². The first-order valence-electron chi connectivity index (χ1n) is 11.2. The van der Waals surface area contributed by atoms with Gasteiger partial charge in [-0.2, -0.15) is 0 Å². The van der Waals surface area contributed by atoms with E-state index in [0.29, 0.717) is 38.2 Å². The van der Waals surface area contributed by atoms with Gasteiger partial charge in [0, 0.05) is 26.7 Å². The average Bonchev–Trinajstić information content (AvgIpc) is 3.46. The van der Waals surface area contributed by atoms with Crippen molar-refractivity contribution in [2.24, 2.45) is 34.6 Å². The molecule has 2 bridgehead atoms. The molecule has 0 radical (unpaired) electrons. The smallest absolute Gasteiger partial charge is 0.233 e. The van der Waals surface area contributed by atoms with Crippen LogP contribution < -0.4 is 10.6 Å². The van der Waals surface area contributed by atoms with Crippen LogP contribution in [0.25, 0.3) is 0 Å². The number of allylic oxidation sites excluding steroid dienone is 2. The molecule has 5 atom stereocenters. The molecule has 7 nitrogen and oxygen atoms in total. The van der Waals surface area contributed by atoms with Crippen LogP contribution in [0.3, 0.4) is 0 Å². The number of nitrogens with one attached hydrogen (secondary N) is 2. The lowest BCUT2D eigenvalue weighted by molar-refractivity contribution is -0.140. The summed E-state index contributed by atoms with van der Waals surface area (Å²) in [5, 5.41) is 6.51. The van der Waals surface area contributed by atoms with Gasteiger partial charge in [-0.1, -0.05) is 49.4 Å². The first-order chi connectivity index (χ1) is 15.1. The molecule has 0 aromatic heterocycles. The van der Waals surface area contributed by atoms with Crippen molar-refractivity contribution >= 4 is 17.8 Å². The van der Waals surface area contributed by atoms with Crippen molar-refractivity contribution in [2.75, 3.05) is 33.3 Å². The van der Waals surface area contributed by atoms with Crippen LogP contribution in [-0.2, 0) is 20.9 Å². The van der Waals surface area contributed by atoms with Gasteiger partial charge < -0.3 is 15.4 Å². The minimum atomic E-state index is -0.128. The van der Waals surface area contributed by atoms with Gasteiger partial charge >= 0.3 is 0 Å². The lowest BCUT2D eigenvalue weighted by Crippen LogP contribution is -2.44. The predicted octanol–water partition coefficient (Wildman–Crippen LogP) is 1.81. The van der Waals surface area contributed by atoms with Crippen LogP contribution in [0.15, 0.2) is 47.5 Å². The van der Waals surface area contributed by atoms with Crippen LogP contribution in [0, 0.1) is 29.6 Å². The summed E-state index contributed by atoms with van der Waals surface area (Å²) in [6, 6.07) is 10.1. The highest BCUT2D eigenvalue weighted by atomic mass is 16.5. The Labute approximate surface area is 183 Å². The summed E-state index contributed by atoms with van der Waals surface area (Å²) in [5.41, 5.74) is 1.17. The van der Waals surface area contributed by atoms with Gasteiger partial charge in [-0.25, -0.2) is 0 Å². The number of fused-ring (bicyclic) bond motifs is 5. The van der Waals surface area contributed by atoms with E-state index in [1.165, 1.54) is 10.5 Å². The molecule has 1 aromatic rings. The third-order valence-corrected chi connectivity index (χ3v) is 6.54. The summed E-state index contributed by atoms with van der Waals surface area (Å²) in [6.07, 6.45) is 5.20. The molecule has 1 aromatic carbocycles. The van der Waals surface area contributed by atoms with Gasteiger partial charge in [0.1, 0.15) is 0 Å². The van der Waals surface area contributed by atoms with Gasteiger partial charge in [0.15, 0.2) is 5.96 Å². The number of aliphatic imine (C=N–C) groups is 1. The number of hydrogen-bond donors (Lipinski definition) is 2. The number of hydrogen-bond acceptors (Lipinski definition) is 4. The molecule has 0 spiro atoms. The second-order valence-electron chi connectivity index (χ2n) is 8.81. The number of imide groups is 1. The highest BCUT2D eigenvalue weighted by Crippen LogP contribution is 2.52. The highest BCUT2D eigenvalue weighted by Gasteiger charge is 2.58. The lowest BCUT2D eigenvalue weighted by atomic mass is 9.85. The summed E-state index contributed by atoms with van der Waals surface area (Å²) < 4.78 is 5.79. The SMILES string of the molecule is CN=C(NCCN1C(=O)C2C3C=CC(C3)C2C1=O)NCC(C)COCc1ccccc1. The van der Waals surface area contributed by atoms with E-state index in [2.05, 4.69) is 46.8 Å². The first-order valence-corrected chi connectivity index (χ1v) is 11.2. The molecule has 2 aliphatic carbocycles. The first kappa shape index (κ1) is 21.6. The minimum absolute atomic E-state index is 0.000725. The van der Waals surface area contributed by atoms with Crippen molar-refractivity contribution in [3.63, 3.8) is 0 Å². The number of likely N-dealkylation sites (tertiary alicyclic amines) is 1. The fraction of sp³-hybridized carbons (Fsp3) is 0.542. The Bertz CT molecular complexity index is 824. The van der Waals surface area contributed by atoms with E-state index in [1.54, 1.807) is 7.05 Å². The molecule has 2 N–H and O–H groups in total. The quantitative estimate of drug-likeness (QED) is 0.273. The highest BCUT2D eigenvalue weighted by molar-refractivity contribution is 6.06. The molecular formula is C24H32N4O3. The standard InChI is InChI=1S/C24H32N4O3/c1-16(14-31-15-17-6-4-3-5-7-17)13-27-24(25-2)26-10-11-28-22(29)20-18-8-9-19(12-18)21(20)23(28)30/h3-9,16,18-21H,10-15H2,1-2H3,(H2,25,26,27). The Kier molecular flexibility index (Phi) is 6.70. The number of amides is 2. The van der Waals surface area contributed by atoms with E-state index in [-0.39, 0.29) is 35.5 Å². The number of carbonyl (C=O) groups excluding carboxylic acids is 2. The van der Waals surface area contributed by atoms with Gasteiger partial charge in [-0.05, 0) is 29.7 Å². The Hall–Kier alpha value is -2.67. The van der Waals surface area contributed by atoms with Crippen molar-refractivity contribution in [2.45, 2.75) is 20.0 Å². The van der Waals surface area contributed by atoms with E-state index in [1.807, 2.05) is 18.2 Å². The zero-order valence-corrected chi connectivity index (χ0v) is 18.3. The van der Waals surface area contributed by atoms with Crippen molar-refractivity contribution in [3.05, 3.63) is 48.0 Å². The molecule has 1 aliphatic heterocycles. The van der Waals surface area contributed by atoms with Gasteiger partial charge in [-0.15, -0.1) is 0 Å². The Morgan fingerprint density at radius 3 is 2.45 bits per heavy atom. The number of carbonyl (C=O) groups is 2. The fourth-order valence-electron chi connectivity index (χ4n) is 4.97. The van der Waals surface area contributed by atoms with Gasteiger partial charge in [0.2, 0.25) is 11.8 Å². The number of ether oxygens (including phenoxy) is 1. The largest absolute Gasteiger partial charge is 0.376 e. The predicted molar refractivity (Wildman–Crippen MR) is 119 cm³/mol. The number of rotatable bonds is 9. The van der Waals surface area contributed by atoms with Crippen molar-refractivity contribution in [1.82, 2.24) is 15.5 Å². The normalized spacial score (nSPS) is 27.7. The molecule has 31 heavy (non-hydrogen) atoms. The van der Waals surface area contributed by atoms with Crippen molar-refractivity contribution in [1.29, 1.82) is 0 Å². The molecule has 1 saturated carbocycles. The summed E-state index contributed by atoms with van der Waals surface area (Å²) in [7, 11) is 1.71. The molecule has 4 rings (SSSR count). The third-order valence-electron chi connectivity index (χ3n) is 6.54.